The average molecular weight is 288 g/mol. The molecule has 2 saturated heterocycles. The van der Waals surface area contributed by atoms with E-state index in [0.29, 0.717) is 24.8 Å². The molecule has 1 unspecified atom stereocenters. The molecule has 0 aromatic carbocycles. The Hall–Kier alpha value is -0.130. The van der Waals surface area contributed by atoms with Crippen LogP contribution in [0.1, 0.15) is 46.0 Å². The smallest absolute Gasteiger partial charge is 0.214 e. The number of hydrogen-bond donors (Lipinski definition) is 1. The topological polar surface area (TPSA) is 49.4 Å². The number of hydrogen-bond acceptors (Lipinski definition) is 3. The second kappa shape index (κ2) is 6.10. The van der Waals surface area contributed by atoms with Crippen molar-refractivity contribution in [2.75, 3.05) is 31.9 Å². The van der Waals surface area contributed by atoms with Crippen LogP contribution in [0, 0.1) is 11.3 Å². The average Bonchev–Trinajstić information content (AvgIpc) is 2.51. The van der Waals surface area contributed by atoms with E-state index in [9.17, 15) is 8.42 Å². The SMILES string of the molecule is CC1(C)CCCN(S(=O)(=O)CC2CCCNC2)CC1. The van der Waals surface area contributed by atoms with E-state index in [4.69, 9.17) is 0 Å². The largest absolute Gasteiger partial charge is 0.316 e. The van der Waals surface area contributed by atoms with Crippen LogP contribution in [0.25, 0.3) is 0 Å². The summed E-state index contributed by atoms with van der Waals surface area (Å²) in [4.78, 5) is 0. The van der Waals surface area contributed by atoms with Gasteiger partial charge in [-0.3, -0.25) is 0 Å². The molecule has 0 bridgehead atoms. The maximum atomic E-state index is 12.5. The molecule has 0 saturated carbocycles. The molecule has 1 N–H and O–H groups in total. The second-order valence-corrected chi connectivity index (χ2v) is 8.92. The zero-order valence-corrected chi connectivity index (χ0v) is 13.1. The van der Waals surface area contributed by atoms with E-state index in [1.165, 1.54) is 0 Å². The Balaban J connectivity index is 1.94. The number of rotatable bonds is 3. The fraction of sp³-hybridized carbons (Fsp3) is 1.00. The second-order valence-electron chi connectivity index (χ2n) is 6.91. The van der Waals surface area contributed by atoms with Crippen molar-refractivity contribution in [3.8, 4) is 0 Å². The van der Waals surface area contributed by atoms with Crippen molar-refractivity contribution < 1.29 is 8.42 Å². The number of nitrogens with one attached hydrogen (secondary N) is 1. The first-order valence-electron chi connectivity index (χ1n) is 7.58. The van der Waals surface area contributed by atoms with Gasteiger partial charge >= 0.3 is 0 Å². The number of nitrogens with zero attached hydrogens (tertiary/aromatic N) is 1. The van der Waals surface area contributed by atoms with E-state index in [-0.39, 0.29) is 5.41 Å². The van der Waals surface area contributed by atoms with Gasteiger partial charge in [-0.1, -0.05) is 13.8 Å². The van der Waals surface area contributed by atoms with Crippen LogP contribution in [0.5, 0.6) is 0 Å². The minimum Gasteiger partial charge on any atom is -0.316 e. The minimum atomic E-state index is -3.06. The quantitative estimate of drug-likeness (QED) is 0.862. The molecule has 0 spiro atoms. The van der Waals surface area contributed by atoms with Gasteiger partial charge < -0.3 is 5.32 Å². The van der Waals surface area contributed by atoms with E-state index in [1.54, 1.807) is 4.31 Å². The van der Waals surface area contributed by atoms with Gasteiger partial charge in [0.15, 0.2) is 0 Å². The summed E-state index contributed by atoms with van der Waals surface area (Å²) in [5, 5.41) is 3.30. The molecule has 19 heavy (non-hydrogen) atoms. The van der Waals surface area contributed by atoms with Crippen LogP contribution in [0.3, 0.4) is 0 Å². The van der Waals surface area contributed by atoms with Gasteiger partial charge in [-0.15, -0.1) is 0 Å². The Morgan fingerprint density at radius 2 is 2.00 bits per heavy atom. The summed E-state index contributed by atoms with van der Waals surface area (Å²) in [5.41, 5.74) is 0.288. The zero-order valence-electron chi connectivity index (χ0n) is 12.3. The predicted octanol–water partition coefficient (Wildman–Crippen LogP) is 1.83. The lowest BCUT2D eigenvalue weighted by molar-refractivity contribution is 0.314. The summed E-state index contributed by atoms with van der Waals surface area (Å²) >= 11 is 0. The number of piperidine rings is 1. The molecule has 0 amide bonds. The standard InChI is InChI=1S/C14H28N2O2S/c1-14(2)6-4-9-16(10-7-14)19(17,18)12-13-5-3-8-15-11-13/h13,15H,3-12H2,1-2H3. The third kappa shape index (κ3) is 4.43. The monoisotopic (exact) mass is 288 g/mol. The van der Waals surface area contributed by atoms with Gasteiger partial charge in [0, 0.05) is 13.1 Å². The molecule has 0 aromatic rings. The summed E-state index contributed by atoms with van der Waals surface area (Å²) in [5.74, 6) is 0.635. The van der Waals surface area contributed by atoms with E-state index in [1.807, 2.05) is 0 Å². The first kappa shape index (κ1) is 15.3. The molecular formula is C14H28N2O2S. The van der Waals surface area contributed by atoms with Crippen LogP contribution in [0.4, 0.5) is 0 Å². The van der Waals surface area contributed by atoms with Crippen LogP contribution in [-0.2, 0) is 10.0 Å². The third-order valence-electron chi connectivity index (χ3n) is 4.54. The highest BCUT2D eigenvalue weighted by Gasteiger charge is 2.31. The molecule has 5 heteroatoms. The van der Waals surface area contributed by atoms with Crippen molar-refractivity contribution in [3.05, 3.63) is 0 Å². The molecule has 0 aliphatic carbocycles. The lowest BCUT2D eigenvalue weighted by Gasteiger charge is -2.27. The normalized spacial score (nSPS) is 29.9. The molecule has 2 heterocycles. The molecular weight excluding hydrogens is 260 g/mol. The van der Waals surface area contributed by atoms with E-state index < -0.39 is 10.0 Å². The van der Waals surface area contributed by atoms with Crippen LogP contribution in [-0.4, -0.2) is 44.7 Å². The van der Waals surface area contributed by atoms with Crippen LogP contribution in [0.15, 0.2) is 0 Å². The molecule has 2 aliphatic rings. The van der Waals surface area contributed by atoms with Crippen molar-refractivity contribution >= 4 is 10.0 Å². The molecule has 0 radical (unpaired) electrons. The number of sulfonamides is 1. The fourth-order valence-electron chi connectivity index (χ4n) is 3.15. The zero-order chi connectivity index (χ0) is 13.9. The van der Waals surface area contributed by atoms with Crippen molar-refractivity contribution in [1.29, 1.82) is 0 Å². The third-order valence-corrected chi connectivity index (χ3v) is 6.58. The Labute approximate surface area is 118 Å². The molecule has 112 valence electrons. The fourth-order valence-corrected chi connectivity index (χ4v) is 5.01. The highest BCUT2D eigenvalue weighted by atomic mass is 32.2. The lowest BCUT2D eigenvalue weighted by Crippen LogP contribution is -2.40. The van der Waals surface area contributed by atoms with Crippen LogP contribution in [0.2, 0.25) is 0 Å². The minimum absolute atomic E-state index is 0.288. The van der Waals surface area contributed by atoms with Crippen molar-refractivity contribution in [3.63, 3.8) is 0 Å². The van der Waals surface area contributed by atoms with Crippen molar-refractivity contribution in [2.24, 2.45) is 11.3 Å². The van der Waals surface area contributed by atoms with Crippen molar-refractivity contribution in [1.82, 2.24) is 9.62 Å². The van der Waals surface area contributed by atoms with Gasteiger partial charge in [0.1, 0.15) is 0 Å². The summed E-state index contributed by atoms with van der Waals surface area (Å²) in [7, 11) is -3.06. The molecule has 4 nitrogen and oxygen atoms in total. The van der Waals surface area contributed by atoms with E-state index >= 15 is 0 Å². The first-order valence-corrected chi connectivity index (χ1v) is 9.19. The van der Waals surface area contributed by atoms with E-state index in [2.05, 4.69) is 19.2 Å². The van der Waals surface area contributed by atoms with Gasteiger partial charge in [0.2, 0.25) is 10.0 Å². The van der Waals surface area contributed by atoms with Gasteiger partial charge in [0.25, 0.3) is 0 Å². The molecule has 0 aromatic heterocycles. The molecule has 2 rings (SSSR count). The lowest BCUT2D eigenvalue weighted by atomic mass is 9.85. The van der Waals surface area contributed by atoms with Crippen LogP contribution >= 0.6 is 0 Å². The highest BCUT2D eigenvalue weighted by molar-refractivity contribution is 7.89. The molecule has 2 aliphatic heterocycles. The Morgan fingerprint density at radius 3 is 2.68 bits per heavy atom. The van der Waals surface area contributed by atoms with Gasteiger partial charge in [-0.2, -0.15) is 0 Å². The predicted molar refractivity (Wildman–Crippen MR) is 78.6 cm³/mol. The van der Waals surface area contributed by atoms with Gasteiger partial charge in [-0.25, -0.2) is 12.7 Å². The highest BCUT2D eigenvalue weighted by Crippen LogP contribution is 2.31. The summed E-state index contributed by atoms with van der Waals surface area (Å²) in [6, 6.07) is 0. The Bertz CT molecular complexity index is 386. The van der Waals surface area contributed by atoms with Crippen LogP contribution < -0.4 is 5.32 Å². The summed E-state index contributed by atoms with van der Waals surface area (Å²) < 4.78 is 26.8. The Kier molecular flexibility index (Phi) is 4.90. The summed E-state index contributed by atoms with van der Waals surface area (Å²) in [6.07, 6.45) is 5.26. The maximum Gasteiger partial charge on any atom is 0.214 e. The Morgan fingerprint density at radius 1 is 1.21 bits per heavy atom. The molecule has 2 fully saturated rings. The van der Waals surface area contributed by atoms with Crippen molar-refractivity contribution in [2.45, 2.75) is 46.0 Å². The summed E-state index contributed by atoms with van der Waals surface area (Å²) in [6.45, 7) is 7.80. The maximum absolute atomic E-state index is 12.5. The van der Waals surface area contributed by atoms with Gasteiger partial charge in [-0.05, 0) is 56.5 Å². The first-order chi connectivity index (χ1) is 8.89. The van der Waals surface area contributed by atoms with Gasteiger partial charge in [0.05, 0.1) is 5.75 Å². The van der Waals surface area contributed by atoms with E-state index in [0.717, 1.165) is 45.2 Å². The molecule has 1 atom stereocenters.